The van der Waals surface area contributed by atoms with E-state index < -0.39 is 32.7 Å². The lowest BCUT2D eigenvalue weighted by Crippen LogP contribution is -2.46. The van der Waals surface area contributed by atoms with E-state index in [0.29, 0.717) is 11.5 Å². The lowest BCUT2D eigenvalue weighted by atomic mass is 10.1. The van der Waals surface area contributed by atoms with Crippen LogP contribution in [0.2, 0.25) is 0 Å². The Labute approximate surface area is 130 Å². The number of anilines is 2. The molecule has 0 aliphatic carbocycles. The molecule has 5 N–H and O–H groups in total. The van der Waals surface area contributed by atoms with E-state index >= 15 is 0 Å². The maximum absolute atomic E-state index is 11.9. The van der Waals surface area contributed by atoms with Crippen LogP contribution in [0.25, 0.3) is 0 Å². The van der Waals surface area contributed by atoms with Gasteiger partial charge >= 0.3 is 8.17 Å². The number of aromatic nitrogens is 2. The lowest BCUT2D eigenvalue weighted by Gasteiger charge is -2.32. The highest BCUT2D eigenvalue weighted by Crippen LogP contribution is 2.58. The second kappa shape index (κ2) is 5.26. The Kier molecular flexibility index (Phi) is 3.44. The highest BCUT2D eigenvalue weighted by molar-refractivity contribution is 7.54. The van der Waals surface area contributed by atoms with Crippen molar-refractivity contribution in [3.05, 3.63) is 6.33 Å². The largest absolute Gasteiger partial charge is 0.604 e. The number of fused-ring (bicyclic) bond motifs is 2. The Hall–Kier alpha value is -1.50. The van der Waals surface area contributed by atoms with Gasteiger partial charge in [-0.25, -0.2) is 4.98 Å². The summed E-state index contributed by atoms with van der Waals surface area (Å²) in [6.45, 7) is -0.101. The summed E-state index contributed by atoms with van der Waals surface area (Å²) in [6, 6.07) is 0. The van der Waals surface area contributed by atoms with E-state index in [2.05, 4.69) is 19.6 Å². The first-order valence-electron chi connectivity index (χ1n) is 6.60. The van der Waals surface area contributed by atoms with Crippen molar-refractivity contribution in [1.82, 2.24) is 15.0 Å². The molecule has 4 heterocycles. The molecule has 1 aromatic rings. The summed E-state index contributed by atoms with van der Waals surface area (Å²) < 4.78 is 20.0. The van der Waals surface area contributed by atoms with Gasteiger partial charge in [0.15, 0.2) is 18.0 Å². The molecule has 13 heteroatoms. The number of phosphoric ester groups is 1. The molecular weight excluding hydrogens is 331 g/mol. The van der Waals surface area contributed by atoms with Crippen LogP contribution in [0.3, 0.4) is 0 Å². The summed E-state index contributed by atoms with van der Waals surface area (Å²) in [6.07, 6.45) is -0.928. The summed E-state index contributed by atoms with van der Waals surface area (Å²) in [7, 11) is -3.89. The Balaban J connectivity index is 1.59. The third kappa shape index (κ3) is 2.28. The van der Waals surface area contributed by atoms with Gasteiger partial charge in [-0.2, -0.15) is 24.8 Å². The summed E-state index contributed by atoms with van der Waals surface area (Å²) in [5.74, 6) is 5.50. The number of ether oxygens (including phenoxy) is 1. The van der Waals surface area contributed by atoms with E-state index in [9.17, 15) is 10.00 Å². The molecule has 123 valence electrons. The SMILES string of the molecule is NO[P+]1([O-])OC[C@H]2O[C@@H](N3C=[N+]c4c(N)ncnc43)[C@H](O)[C@@H]2O1. The van der Waals surface area contributed by atoms with Crippen LogP contribution in [-0.4, -0.2) is 52.6 Å². The Morgan fingerprint density at radius 2 is 2.35 bits per heavy atom. The van der Waals surface area contributed by atoms with Crippen LogP contribution in [0.4, 0.5) is 17.3 Å². The molecule has 1 radical (unpaired) electrons. The van der Waals surface area contributed by atoms with Gasteiger partial charge in [0.25, 0.3) is 17.8 Å². The average Bonchev–Trinajstić information content (AvgIpc) is 3.10. The van der Waals surface area contributed by atoms with Gasteiger partial charge in [-0.1, -0.05) is 4.62 Å². The van der Waals surface area contributed by atoms with Crippen molar-refractivity contribution in [2.24, 2.45) is 5.90 Å². The number of phosphoric acid groups is 1. The molecule has 2 fully saturated rings. The van der Waals surface area contributed by atoms with E-state index in [-0.39, 0.29) is 12.4 Å². The van der Waals surface area contributed by atoms with Crippen LogP contribution >= 0.6 is 8.17 Å². The van der Waals surface area contributed by atoms with Crippen LogP contribution in [0, 0.1) is 0 Å². The van der Waals surface area contributed by atoms with Crippen molar-refractivity contribution >= 4 is 31.8 Å². The molecule has 0 spiro atoms. The van der Waals surface area contributed by atoms with Crippen molar-refractivity contribution in [3.63, 3.8) is 0 Å². The molecule has 12 nitrogen and oxygen atoms in total. The third-order valence-electron chi connectivity index (χ3n) is 3.75. The van der Waals surface area contributed by atoms with Crippen LogP contribution in [0.5, 0.6) is 0 Å². The quantitative estimate of drug-likeness (QED) is 0.376. The molecule has 5 atom stereocenters. The van der Waals surface area contributed by atoms with Crippen LogP contribution in [0.15, 0.2) is 6.33 Å². The average molecular weight is 344 g/mol. The number of rotatable bonds is 2. The van der Waals surface area contributed by atoms with E-state index in [4.69, 9.17) is 25.4 Å². The number of nitrogens with two attached hydrogens (primary N) is 2. The van der Waals surface area contributed by atoms with Gasteiger partial charge in [-0.05, 0) is 4.99 Å². The van der Waals surface area contributed by atoms with Gasteiger partial charge in [-0.3, -0.25) is 0 Å². The normalized spacial score (nSPS) is 38.7. The predicted molar refractivity (Wildman–Crippen MR) is 74.5 cm³/mol. The van der Waals surface area contributed by atoms with Gasteiger partial charge in [0, 0.05) is 0 Å². The zero-order valence-electron chi connectivity index (χ0n) is 11.6. The van der Waals surface area contributed by atoms with Crippen molar-refractivity contribution in [2.45, 2.75) is 24.5 Å². The minimum Gasteiger partial charge on any atom is -0.604 e. The van der Waals surface area contributed by atoms with Crippen molar-refractivity contribution in [3.8, 4) is 0 Å². The number of aliphatic imine (C=N–C) groups is 1. The fourth-order valence-electron chi connectivity index (χ4n) is 2.67. The zero-order chi connectivity index (χ0) is 16.2. The number of nitrogen functional groups attached to an aromatic ring is 1. The van der Waals surface area contributed by atoms with E-state index in [1.807, 2.05) is 0 Å². The van der Waals surface area contributed by atoms with Gasteiger partial charge in [0.1, 0.15) is 19.0 Å². The molecular formula is C10H13N6O6P+. The summed E-state index contributed by atoms with van der Waals surface area (Å²) in [4.78, 5) is 25.5. The molecule has 1 aromatic heterocycles. The second-order valence-corrected chi connectivity index (χ2v) is 6.63. The fourth-order valence-corrected chi connectivity index (χ4v) is 3.73. The maximum atomic E-state index is 11.9. The molecule has 0 amide bonds. The first kappa shape index (κ1) is 15.1. The Morgan fingerprint density at radius 3 is 3.13 bits per heavy atom. The molecule has 2 saturated heterocycles. The Morgan fingerprint density at radius 1 is 1.52 bits per heavy atom. The molecule has 0 bridgehead atoms. The minimum absolute atomic E-state index is 0.101. The topological polar surface area (TPSA) is 175 Å². The van der Waals surface area contributed by atoms with Gasteiger partial charge in [0.05, 0.1) is 0 Å². The van der Waals surface area contributed by atoms with Crippen LogP contribution in [-0.2, 0) is 18.4 Å². The molecule has 1 unspecified atom stereocenters. The van der Waals surface area contributed by atoms with Crippen molar-refractivity contribution in [2.75, 3.05) is 17.2 Å². The van der Waals surface area contributed by atoms with E-state index in [1.165, 1.54) is 17.6 Å². The van der Waals surface area contributed by atoms with Gasteiger partial charge in [0.2, 0.25) is 6.23 Å². The number of nitrogens with zero attached hydrogens (tertiary/aromatic N) is 4. The van der Waals surface area contributed by atoms with Gasteiger partial charge in [-0.15, -0.1) is 0 Å². The van der Waals surface area contributed by atoms with Crippen LogP contribution < -0.4 is 26.4 Å². The summed E-state index contributed by atoms with van der Waals surface area (Å²) in [5.41, 5.74) is 6.11. The molecule has 3 aliphatic rings. The highest BCUT2D eigenvalue weighted by atomic mass is 31.2. The first-order valence-corrected chi connectivity index (χ1v) is 8.06. The highest BCUT2D eigenvalue weighted by Gasteiger charge is 2.60. The minimum atomic E-state index is -3.89. The van der Waals surface area contributed by atoms with E-state index in [0.717, 1.165) is 0 Å². The third-order valence-corrected chi connectivity index (χ3v) is 4.97. The predicted octanol–water partition coefficient (Wildman–Crippen LogP) is -2.70. The monoisotopic (exact) mass is 344 g/mol. The maximum Gasteiger partial charge on any atom is 0.404 e. The van der Waals surface area contributed by atoms with E-state index in [1.54, 1.807) is 0 Å². The van der Waals surface area contributed by atoms with Crippen molar-refractivity contribution in [1.29, 1.82) is 0 Å². The van der Waals surface area contributed by atoms with Gasteiger partial charge < -0.3 is 20.5 Å². The lowest BCUT2D eigenvalue weighted by molar-refractivity contribution is -0.269. The van der Waals surface area contributed by atoms with Crippen LogP contribution in [0.1, 0.15) is 0 Å². The molecule has 3 aliphatic heterocycles. The smallest absolute Gasteiger partial charge is 0.404 e. The van der Waals surface area contributed by atoms with Crippen molar-refractivity contribution < 1.29 is 28.4 Å². The Bertz CT molecular complexity index is 665. The number of hydrogen-bond acceptors (Lipinski definition) is 12. The summed E-state index contributed by atoms with van der Waals surface area (Å²) >= 11 is 0. The molecule has 0 saturated carbocycles. The fraction of sp³-hybridized carbons (Fsp3) is 0.500. The summed E-state index contributed by atoms with van der Waals surface area (Å²) in [5, 5.41) is 10.5. The second-order valence-electron chi connectivity index (χ2n) is 5.06. The standard InChI is InChI=1S/C10H13N6O6P/c11-8-5-9(14-2-13-8)16(3-15-5)10-6(17)7-4(20-10)1-19-23(18,21-7)22-12/h2-4,6-7,10,17H,1,12H2,(H2,11,13,14)/q+1/t4-,6-,7-,10-,23?/m1/s1. The number of hydrogen-bond donors (Lipinski definition) is 3. The molecule has 4 rings (SSSR count). The zero-order valence-corrected chi connectivity index (χ0v) is 12.4. The number of aliphatic hydroxyl groups excluding tert-OH is 1. The number of aliphatic hydroxyl groups is 1. The molecule has 23 heavy (non-hydrogen) atoms. The first-order chi connectivity index (χ1) is 11.0. The molecule has 0 aromatic carbocycles.